The lowest BCUT2D eigenvalue weighted by atomic mass is 9.99. The first-order valence-electron chi connectivity index (χ1n) is 18.3. The molecule has 252 valence electrons. The van der Waals surface area contributed by atoms with Crippen LogP contribution < -0.4 is 0 Å². The van der Waals surface area contributed by atoms with Crippen LogP contribution in [0, 0.1) is 0 Å². The van der Waals surface area contributed by atoms with Crippen LogP contribution in [-0.2, 0) is 0 Å². The van der Waals surface area contributed by atoms with Crippen LogP contribution in [0.15, 0.2) is 194 Å². The molecular formula is C50H32N4. The SMILES string of the molecule is c1ccc(-c2cccc(-c3ccc(-n4c5ccccc5c5c6c7ccccc7n(-c7nc(-c8ccccc8)c8ccccc8n7)c6ccc54)cc3)c2)cc1. The molecule has 0 aliphatic heterocycles. The Balaban J connectivity index is 1.12. The lowest BCUT2D eigenvalue weighted by molar-refractivity contribution is 1.01. The van der Waals surface area contributed by atoms with Crippen LogP contribution in [-0.4, -0.2) is 19.1 Å². The zero-order chi connectivity index (χ0) is 35.6. The van der Waals surface area contributed by atoms with Crippen LogP contribution in [0.25, 0.3) is 99.7 Å². The van der Waals surface area contributed by atoms with Gasteiger partial charge in [-0.2, -0.15) is 0 Å². The van der Waals surface area contributed by atoms with Gasteiger partial charge in [-0.05, 0) is 70.8 Å². The minimum atomic E-state index is 0.661. The Morgan fingerprint density at radius 1 is 0.315 bits per heavy atom. The molecule has 0 amide bonds. The van der Waals surface area contributed by atoms with Crippen molar-refractivity contribution in [2.45, 2.75) is 0 Å². The fourth-order valence-corrected chi connectivity index (χ4v) is 8.30. The molecule has 0 spiro atoms. The lowest BCUT2D eigenvalue weighted by Gasteiger charge is -2.12. The molecule has 0 unspecified atom stereocenters. The van der Waals surface area contributed by atoms with E-state index in [0.717, 1.165) is 44.4 Å². The average Bonchev–Trinajstić information content (AvgIpc) is 3.77. The number of para-hydroxylation sites is 3. The number of rotatable bonds is 5. The van der Waals surface area contributed by atoms with E-state index in [1.165, 1.54) is 49.3 Å². The van der Waals surface area contributed by atoms with E-state index in [0.29, 0.717) is 5.95 Å². The standard InChI is InChI=1S/C50H32N4/c1-3-14-33(15-4-1)36-18-13-19-37(32-36)34-26-28-38(29-27-34)53-43-24-11-8-21-40(43)47-45(53)30-31-46-48(47)41-22-9-12-25-44(41)54(46)50-51-42-23-10-7-20-39(42)49(52-50)35-16-5-2-6-17-35/h1-32H. The quantitative estimate of drug-likeness (QED) is 0.180. The summed E-state index contributed by atoms with van der Waals surface area (Å²) < 4.78 is 4.65. The molecule has 4 heteroatoms. The third kappa shape index (κ3) is 4.70. The topological polar surface area (TPSA) is 35.6 Å². The van der Waals surface area contributed by atoms with Crippen LogP contribution in [0.3, 0.4) is 0 Å². The van der Waals surface area contributed by atoms with Gasteiger partial charge in [0.25, 0.3) is 0 Å². The summed E-state index contributed by atoms with van der Waals surface area (Å²) in [6.45, 7) is 0. The van der Waals surface area contributed by atoms with Crippen molar-refractivity contribution in [2.24, 2.45) is 0 Å². The number of hydrogen-bond donors (Lipinski definition) is 0. The van der Waals surface area contributed by atoms with Crippen LogP contribution in [0.4, 0.5) is 0 Å². The van der Waals surface area contributed by atoms with E-state index >= 15 is 0 Å². The number of nitrogens with zero attached hydrogens (tertiary/aromatic N) is 4. The van der Waals surface area contributed by atoms with Gasteiger partial charge < -0.3 is 4.57 Å². The van der Waals surface area contributed by atoms with Crippen LogP contribution >= 0.6 is 0 Å². The molecule has 0 bridgehead atoms. The molecule has 11 aromatic rings. The average molecular weight is 689 g/mol. The highest BCUT2D eigenvalue weighted by Gasteiger charge is 2.22. The van der Waals surface area contributed by atoms with E-state index in [-0.39, 0.29) is 0 Å². The molecule has 0 radical (unpaired) electrons. The number of aromatic nitrogens is 4. The predicted octanol–water partition coefficient (Wildman–Crippen LogP) is 12.8. The van der Waals surface area contributed by atoms with Gasteiger partial charge >= 0.3 is 0 Å². The maximum atomic E-state index is 5.31. The van der Waals surface area contributed by atoms with Crippen molar-refractivity contribution in [3.63, 3.8) is 0 Å². The van der Waals surface area contributed by atoms with Gasteiger partial charge in [0, 0.05) is 38.2 Å². The Morgan fingerprint density at radius 2 is 0.815 bits per heavy atom. The van der Waals surface area contributed by atoms with Crippen LogP contribution in [0.5, 0.6) is 0 Å². The minimum absolute atomic E-state index is 0.661. The summed E-state index contributed by atoms with van der Waals surface area (Å²) in [7, 11) is 0. The summed E-state index contributed by atoms with van der Waals surface area (Å²) in [4.78, 5) is 10.5. The second-order valence-corrected chi connectivity index (χ2v) is 13.8. The molecule has 0 fully saturated rings. The summed E-state index contributed by atoms with van der Waals surface area (Å²) in [6, 6.07) is 69.0. The zero-order valence-corrected chi connectivity index (χ0v) is 29.3. The van der Waals surface area contributed by atoms with Crippen molar-refractivity contribution in [3.8, 4) is 45.1 Å². The van der Waals surface area contributed by atoms with E-state index in [2.05, 4.69) is 191 Å². The summed E-state index contributed by atoms with van der Waals surface area (Å²) in [5, 5.41) is 5.85. The van der Waals surface area contributed by atoms with Gasteiger partial charge in [-0.25, -0.2) is 9.97 Å². The van der Waals surface area contributed by atoms with Crippen molar-refractivity contribution in [2.75, 3.05) is 0 Å². The molecular weight excluding hydrogens is 657 g/mol. The molecule has 8 aromatic carbocycles. The first kappa shape index (κ1) is 30.3. The summed E-state index contributed by atoms with van der Waals surface area (Å²) in [6.07, 6.45) is 0. The van der Waals surface area contributed by atoms with Crippen LogP contribution in [0.2, 0.25) is 0 Å². The zero-order valence-electron chi connectivity index (χ0n) is 29.3. The van der Waals surface area contributed by atoms with Gasteiger partial charge in [-0.1, -0.05) is 146 Å². The Hall–Kier alpha value is -7.30. The highest BCUT2D eigenvalue weighted by molar-refractivity contribution is 6.28. The molecule has 0 aliphatic carbocycles. The predicted molar refractivity (Wildman–Crippen MR) is 225 cm³/mol. The third-order valence-electron chi connectivity index (χ3n) is 10.7. The largest absolute Gasteiger partial charge is 0.309 e. The van der Waals surface area contributed by atoms with Gasteiger partial charge in [0.2, 0.25) is 5.95 Å². The van der Waals surface area contributed by atoms with Crippen molar-refractivity contribution < 1.29 is 0 Å². The number of hydrogen-bond acceptors (Lipinski definition) is 2. The Bertz CT molecular complexity index is 3190. The smallest absolute Gasteiger partial charge is 0.235 e. The van der Waals surface area contributed by atoms with E-state index in [1.807, 2.05) is 12.1 Å². The van der Waals surface area contributed by atoms with Gasteiger partial charge in [0.05, 0.1) is 33.3 Å². The molecule has 54 heavy (non-hydrogen) atoms. The summed E-state index contributed by atoms with van der Waals surface area (Å²) >= 11 is 0. The summed E-state index contributed by atoms with van der Waals surface area (Å²) in [5.74, 6) is 0.661. The molecule has 3 heterocycles. The third-order valence-corrected chi connectivity index (χ3v) is 10.7. The summed E-state index contributed by atoms with van der Waals surface area (Å²) in [5.41, 5.74) is 13.3. The maximum Gasteiger partial charge on any atom is 0.235 e. The number of fused-ring (bicyclic) bond motifs is 8. The molecule has 3 aromatic heterocycles. The normalized spacial score (nSPS) is 11.7. The fraction of sp³-hybridized carbons (Fsp3) is 0. The highest BCUT2D eigenvalue weighted by atomic mass is 15.2. The number of benzene rings is 8. The van der Waals surface area contributed by atoms with Gasteiger partial charge in [0.15, 0.2) is 0 Å². The van der Waals surface area contributed by atoms with Crippen LogP contribution in [0.1, 0.15) is 0 Å². The Morgan fingerprint density at radius 3 is 1.48 bits per heavy atom. The van der Waals surface area contributed by atoms with E-state index in [1.54, 1.807) is 0 Å². The Kier molecular flexibility index (Phi) is 6.82. The first-order chi connectivity index (χ1) is 26.8. The maximum absolute atomic E-state index is 5.31. The molecule has 0 N–H and O–H groups in total. The highest BCUT2D eigenvalue weighted by Crippen LogP contribution is 2.42. The molecule has 0 saturated heterocycles. The molecule has 4 nitrogen and oxygen atoms in total. The molecule has 0 atom stereocenters. The molecule has 0 saturated carbocycles. The van der Waals surface area contributed by atoms with E-state index in [9.17, 15) is 0 Å². The van der Waals surface area contributed by atoms with Gasteiger partial charge in [-0.3, -0.25) is 4.57 Å². The first-order valence-corrected chi connectivity index (χ1v) is 18.3. The second kappa shape index (κ2) is 12.1. The van der Waals surface area contributed by atoms with Crippen molar-refractivity contribution in [3.05, 3.63) is 194 Å². The lowest BCUT2D eigenvalue weighted by Crippen LogP contribution is -2.03. The van der Waals surface area contributed by atoms with E-state index < -0.39 is 0 Å². The van der Waals surface area contributed by atoms with Gasteiger partial charge in [-0.15, -0.1) is 0 Å². The van der Waals surface area contributed by atoms with Gasteiger partial charge in [0.1, 0.15) is 0 Å². The van der Waals surface area contributed by atoms with Crippen molar-refractivity contribution >= 4 is 54.5 Å². The fourth-order valence-electron chi connectivity index (χ4n) is 8.30. The van der Waals surface area contributed by atoms with E-state index in [4.69, 9.17) is 9.97 Å². The minimum Gasteiger partial charge on any atom is -0.309 e. The molecule has 0 aliphatic rings. The molecule has 11 rings (SSSR count). The Labute approximate surface area is 311 Å². The van der Waals surface area contributed by atoms with Crippen molar-refractivity contribution in [1.29, 1.82) is 0 Å². The monoisotopic (exact) mass is 688 g/mol. The van der Waals surface area contributed by atoms with Crippen molar-refractivity contribution in [1.82, 2.24) is 19.1 Å². The second-order valence-electron chi connectivity index (χ2n) is 13.8.